The number of carbonyl (C=O) groups is 1. The Morgan fingerprint density at radius 1 is 0.962 bits per heavy atom. The largest absolute Gasteiger partial charge is 0.342 e. The van der Waals surface area contributed by atoms with Crippen LogP contribution in [0, 0.1) is 6.92 Å². The van der Waals surface area contributed by atoms with Crippen molar-refractivity contribution < 1.29 is 4.79 Å². The van der Waals surface area contributed by atoms with Gasteiger partial charge in [0.05, 0.1) is 0 Å². The van der Waals surface area contributed by atoms with E-state index in [1.54, 1.807) is 43.5 Å². The summed E-state index contributed by atoms with van der Waals surface area (Å²) in [5.41, 5.74) is 0.424. The summed E-state index contributed by atoms with van der Waals surface area (Å²) in [6.07, 6.45) is 5.48. The SMILES string of the molecule is Cc1cn(/C=C/Cc2ccccc2)c(=O)n(C(=O)c2ccccc2)c1=O. The lowest BCUT2D eigenvalue weighted by Crippen LogP contribution is -2.43. The van der Waals surface area contributed by atoms with Gasteiger partial charge in [0.15, 0.2) is 0 Å². The van der Waals surface area contributed by atoms with Gasteiger partial charge in [0, 0.05) is 23.5 Å². The minimum Gasteiger partial charge on any atom is -0.276 e. The Balaban J connectivity index is 1.98. The highest BCUT2D eigenvalue weighted by Crippen LogP contribution is 2.02. The highest BCUT2D eigenvalue weighted by molar-refractivity contribution is 5.95. The van der Waals surface area contributed by atoms with Crippen molar-refractivity contribution in [3.05, 3.63) is 110 Å². The third-order valence-electron chi connectivity index (χ3n) is 3.97. The summed E-state index contributed by atoms with van der Waals surface area (Å²) < 4.78 is 1.94. The van der Waals surface area contributed by atoms with Gasteiger partial charge in [-0.1, -0.05) is 54.6 Å². The van der Waals surface area contributed by atoms with Crippen LogP contribution in [0.4, 0.5) is 0 Å². The van der Waals surface area contributed by atoms with Gasteiger partial charge in [0.2, 0.25) is 0 Å². The molecule has 0 fully saturated rings. The molecule has 26 heavy (non-hydrogen) atoms. The lowest BCUT2D eigenvalue weighted by Gasteiger charge is -2.08. The minimum atomic E-state index is -0.682. The van der Waals surface area contributed by atoms with Crippen molar-refractivity contribution in [2.75, 3.05) is 0 Å². The van der Waals surface area contributed by atoms with Crippen LogP contribution in [0.15, 0.2) is 82.5 Å². The van der Waals surface area contributed by atoms with E-state index in [0.29, 0.717) is 16.6 Å². The Morgan fingerprint density at radius 3 is 2.23 bits per heavy atom. The van der Waals surface area contributed by atoms with Gasteiger partial charge in [-0.05, 0) is 31.0 Å². The molecule has 1 heterocycles. The van der Waals surface area contributed by atoms with E-state index in [1.807, 2.05) is 36.4 Å². The van der Waals surface area contributed by atoms with Crippen molar-refractivity contribution in [2.24, 2.45) is 0 Å². The van der Waals surface area contributed by atoms with Gasteiger partial charge in [-0.25, -0.2) is 4.79 Å². The number of carbonyl (C=O) groups excluding carboxylic acids is 1. The first-order chi connectivity index (χ1) is 12.6. The summed E-state index contributed by atoms with van der Waals surface area (Å²) in [4.78, 5) is 37.6. The zero-order valence-electron chi connectivity index (χ0n) is 14.3. The van der Waals surface area contributed by atoms with Crippen LogP contribution in [0.5, 0.6) is 0 Å². The van der Waals surface area contributed by atoms with E-state index in [2.05, 4.69) is 0 Å². The Morgan fingerprint density at radius 2 is 1.58 bits per heavy atom. The molecule has 0 aliphatic carbocycles. The molecule has 5 heteroatoms. The normalized spacial score (nSPS) is 11.0. The van der Waals surface area contributed by atoms with Gasteiger partial charge in [-0.15, -0.1) is 0 Å². The fourth-order valence-corrected chi connectivity index (χ4v) is 2.61. The maximum absolute atomic E-state index is 12.7. The molecule has 5 nitrogen and oxygen atoms in total. The zero-order valence-corrected chi connectivity index (χ0v) is 14.3. The summed E-state index contributed by atoms with van der Waals surface area (Å²) in [5.74, 6) is -0.630. The van der Waals surface area contributed by atoms with Crippen molar-refractivity contribution >= 4 is 12.1 Å². The van der Waals surface area contributed by atoms with E-state index < -0.39 is 17.2 Å². The number of hydrogen-bond acceptors (Lipinski definition) is 3. The molecule has 0 aliphatic rings. The van der Waals surface area contributed by atoms with E-state index in [0.717, 1.165) is 5.56 Å². The number of benzene rings is 2. The molecule has 0 spiro atoms. The molecule has 0 atom stereocenters. The average molecular weight is 346 g/mol. The van der Waals surface area contributed by atoms with Gasteiger partial charge in [0.1, 0.15) is 0 Å². The lowest BCUT2D eigenvalue weighted by atomic mass is 10.1. The van der Waals surface area contributed by atoms with Gasteiger partial charge in [0.25, 0.3) is 11.5 Å². The van der Waals surface area contributed by atoms with Crippen LogP contribution >= 0.6 is 0 Å². The maximum atomic E-state index is 12.7. The van der Waals surface area contributed by atoms with Crippen LogP contribution in [0.2, 0.25) is 0 Å². The molecular formula is C21H18N2O3. The smallest absolute Gasteiger partial charge is 0.276 e. The number of hydrogen-bond donors (Lipinski definition) is 0. The third-order valence-corrected chi connectivity index (χ3v) is 3.97. The molecular weight excluding hydrogens is 328 g/mol. The van der Waals surface area contributed by atoms with E-state index in [1.165, 1.54) is 10.8 Å². The van der Waals surface area contributed by atoms with Crippen LogP contribution < -0.4 is 11.2 Å². The maximum Gasteiger partial charge on any atom is 0.342 e. The highest BCUT2D eigenvalue weighted by Gasteiger charge is 2.16. The molecule has 0 aliphatic heterocycles. The summed E-state index contributed by atoms with van der Waals surface area (Å²) in [5, 5.41) is 0. The first-order valence-electron chi connectivity index (χ1n) is 8.23. The summed E-state index contributed by atoms with van der Waals surface area (Å²) >= 11 is 0. The number of aromatic nitrogens is 2. The van der Waals surface area contributed by atoms with Crippen LogP contribution in [0.1, 0.15) is 21.5 Å². The summed E-state index contributed by atoms with van der Waals surface area (Å²) in [6, 6.07) is 18.1. The molecule has 0 radical (unpaired) electrons. The molecule has 0 N–H and O–H groups in total. The topological polar surface area (TPSA) is 61.1 Å². The molecule has 0 amide bonds. The van der Waals surface area contributed by atoms with Gasteiger partial charge < -0.3 is 0 Å². The van der Waals surface area contributed by atoms with Gasteiger partial charge in [-0.2, -0.15) is 4.57 Å². The van der Waals surface area contributed by atoms with Crippen LogP contribution in [-0.4, -0.2) is 15.0 Å². The second-order valence-corrected chi connectivity index (χ2v) is 5.89. The van der Waals surface area contributed by atoms with E-state index >= 15 is 0 Å². The monoisotopic (exact) mass is 346 g/mol. The molecule has 0 saturated carbocycles. The average Bonchev–Trinajstić information content (AvgIpc) is 2.67. The van der Waals surface area contributed by atoms with Crippen molar-refractivity contribution in [2.45, 2.75) is 13.3 Å². The van der Waals surface area contributed by atoms with Crippen LogP contribution in [0.25, 0.3) is 6.20 Å². The second-order valence-electron chi connectivity index (χ2n) is 5.89. The fourth-order valence-electron chi connectivity index (χ4n) is 2.61. The van der Waals surface area contributed by atoms with Crippen molar-refractivity contribution in [1.29, 1.82) is 0 Å². The first-order valence-corrected chi connectivity index (χ1v) is 8.23. The van der Waals surface area contributed by atoms with Crippen molar-refractivity contribution in [3.8, 4) is 0 Å². The Kier molecular flexibility index (Phi) is 5.08. The van der Waals surface area contributed by atoms with Gasteiger partial charge >= 0.3 is 5.69 Å². The molecule has 1 aromatic heterocycles. The number of allylic oxidation sites excluding steroid dienone is 1. The number of nitrogens with zero attached hydrogens (tertiary/aromatic N) is 2. The predicted molar refractivity (Wildman–Crippen MR) is 101 cm³/mol. The van der Waals surface area contributed by atoms with Crippen LogP contribution in [-0.2, 0) is 6.42 Å². The lowest BCUT2D eigenvalue weighted by molar-refractivity contribution is 0.0949. The predicted octanol–water partition coefficient (Wildman–Crippen LogP) is 2.72. The zero-order chi connectivity index (χ0) is 18.5. The molecule has 0 bridgehead atoms. The van der Waals surface area contributed by atoms with Gasteiger partial charge in [-0.3, -0.25) is 14.2 Å². The Hall–Kier alpha value is -3.47. The highest BCUT2D eigenvalue weighted by atomic mass is 16.2. The van der Waals surface area contributed by atoms with Crippen molar-refractivity contribution in [1.82, 2.24) is 9.13 Å². The fraction of sp³-hybridized carbons (Fsp3) is 0.0952. The molecule has 0 saturated heterocycles. The summed E-state index contributed by atoms with van der Waals surface area (Å²) in [7, 11) is 0. The molecule has 0 unspecified atom stereocenters. The standard InChI is InChI=1S/C21H18N2O3/c1-16-15-22(14-8-11-17-9-4-2-5-10-17)21(26)23(19(16)24)20(25)18-12-6-3-7-13-18/h2-10,12-15H,11H2,1H3/b14-8+. The van der Waals surface area contributed by atoms with E-state index in [9.17, 15) is 14.4 Å². The molecule has 130 valence electrons. The van der Waals surface area contributed by atoms with Crippen LogP contribution in [0.3, 0.4) is 0 Å². The Bertz CT molecular complexity index is 1060. The molecule has 2 aromatic carbocycles. The molecule has 3 rings (SSSR count). The number of aryl methyl sites for hydroxylation is 1. The van der Waals surface area contributed by atoms with E-state index in [4.69, 9.17) is 0 Å². The van der Waals surface area contributed by atoms with E-state index in [-0.39, 0.29) is 5.56 Å². The van der Waals surface area contributed by atoms with Crippen molar-refractivity contribution in [3.63, 3.8) is 0 Å². The first kappa shape index (κ1) is 17.4. The molecule has 3 aromatic rings. The quantitative estimate of drug-likeness (QED) is 0.730. The summed E-state index contributed by atoms with van der Waals surface area (Å²) in [6.45, 7) is 1.58. The Labute approximate surface area is 150 Å². The number of rotatable bonds is 4. The minimum absolute atomic E-state index is 0.289. The third kappa shape index (κ3) is 3.62. The second kappa shape index (κ2) is 7.61.